The number of aromatic nitrogens is 3. The number of hydrogen-bond donors (Lipinski definition) is 0. The number of halogens is 2. The lowest BCUT2D eigenvalue weighted by Crippen LogP contribution is -2.45. The molecule has 5 rings (SSSR count). The molecule has 0 saturated heterocycles. The molecule has 3 fully saturated rings. The molecule has 0 amide bonds. The van der Waals surface area contributed by atoms with E-state index in [0.29, 0.717) is 29.8 Å². The SMILES string of the molecule is FC1CC(c2ccc(Cl)cc2)(c2nnc(C3CC3)n2C2CC2)C1.O. The van der Waals surface area contributed by atoms with Crippen LogP contribution in [-0.4, -0.2) is 26.4 Å². The first kappa shape index (κ1) is 16.0. The number of rotatable bonds is 4. The van der Waals surface area contributed by atoms with Crippen LogP contribution in [0.15, 0.2) is 24.3 Å². The molecule has 0 aliphatic heterocycles. The average molecular weight is 350 g/mol. The van der Waals surface area contributed by atoms with Gasteiger partial charge in [-0.25, -0.2) is 4.39 Å². The first-order chi connectivity index (χ1) is 11.2. The molecular formula is C18H21ClFN3O. The predicted octanol–water partition coefficient (Wildman–Crippen LogP) is 3.74. The van der Waals surface area contributed by atoms with Crippen LogP contribution >= 0.6 is 11.6 Å². The summed E-state index contributed by atoms with van der Waals surface area (Å²) in [4.78, 5) is 0. The molecule has 3 aliphatic rings. The molecule has 2 N–H and O–H groups in total. The van der Waals surface area contributed by atoms with Crippen molar-refractivity contribution in [2.24, 2.45) is 0 Å². The molecule has 2 aromatic rings. The van der Waals surface area contributed by atoms with Crippen molar-refractivity contribution >= 4 is 11.6 Å². The van der Waals surface area contributed by atoms with Crippen molar-refractivity contribution in [1.29, 1.82) is 0 Å². The maximum atomic E-state index is 13.9. The Morgan fingerprint density at radius 1 is 1.04 bits per heavy atom. The summed E-state index contributed by atoms with van der Waals surface area (Å²) in [5.41, 5.74) is 0.791. The van der Waals surface area contributed by atoms with Crippen LogP contribution in [0.25, 0.3) is 0 Å². The van der Waals surface area contributed by atoms with Crippen molar-refractivity contribution in [3.05, 3.63) is 46.5 Å². The van der Waals surface area contributed by atoms with Gasteiger partial charge in [0.2, 0.25) is 0 Å². The Bertz CT molecular complexity index is 746. The van der Waals surface area contributed by atoms with Crippen LogP contribution in [0.2, 0.25) is 5.02 Å². The molecule has 1 aromatic carbocycles. The predicted molar refractivity (Wildman–Crippen MR) is 90.2 cm³/mol. The summed E-state index contributed by atoms with van der Waals surface area (Å²) in [6, 6.07) is 8.36. The fourth-order valence-electron chi connectivity index (χ4n) is 3.96. The molecule has 6 heteroatoms. The van der Waals surface area contributed by atoms with Crippen LogP contribution < -0.4 is 0 Å². The molecule has 0 bridgehead atoms. The Morgan fingerprint density at radius 2 is 1.71 bits per heavy atom. The lowest BCUT2D eigenvalue weighted by molar-refractivity contribution is 0.113. The summed E-state index contributed by atoms with van der Waals surface area (Å²) < 4.78 is 16.3. The third-order valence-corrected chi connectivity index (χ3v) is 5.79. The minimum atomic E-state index is -0.751. The maximum Gasteiger partial charge on any atom is 0.144 e. The van der Waals surface area contributed by atoms with Gasteiger partial charge in [0.25, 0.3) is 0 Å². The summed E-state index contributed by atoms with van der Waals surface area (Å²) in [6.45, 7) is 0. The van der Waals surface area contributed by atoms with E-state index in [1.165, 1.54) is 25.7 Å². The second-order valence-electron chi connectivity index (χ2n) is 7.35. The van der Waals surface area contributed by atoms with Crippen LogP contribution in [0.1, 0.15) is 67.7 Å². The first-order valence-corrected chi connectivity index (χ1v) is 8.90. The quantitative estimate of drug-likeness (QED) is 0.844. The van der Waals surface area contributed by atoms with E-state index in [4.69, 9.17) is 11.6 Å². The van der Waals surface area contributed by atoms with E-state index in [2.05, 4.69) is 14.8 Å². The van der Waals surface area contributed by atoms with Crippen LogP contribution in [0.3, 0.4) is 0 Å². The van der Waals surface area contributed by atoms with Gasteiger partial charge in [-0.05, 0) is 56.2 Å². The highest BCUT2D eigenvalue weighted by atomic mass is 35.5. The van der Waals surface area contributed by atoms with Crippen molar-refractivity contribution in [3.63, 3.8) is 0 Å². The van der Waals surface area contributed by atoms with Gasteiger partial charge in [-0.1, -0.05) is 23.7 Å². The van der Waals surface area contributed by atoms with Crippen LogP contribution in [0.5, 0.6) is 0 Å². The van der Waals surface area contributed by atoms with Gasteiger partial charge < -0.3 is 10.0 Å². The van der Waals surface area contributed by atoms with Gasteiger partial charge in [0.15, 0.2) is 0 Å². The lowest BCUT2D eigenvalue weighted by Gasteiger charge is -2.44. The van der Waals surface area contributed by atoms with E-state index in [9.17, 15) is 4.39 Å². The van der Waals surface area contributed by atoms with Crippen molar-refractivity contribution in [1.82, 2.24) is 14.8 Å². The standard InChI is InChI=1S/C18H19ClFN3.H2O/c19-13-5-3-12(4-6-13)18(9-14(20)10-18)17-22-21-16(11-1-2-11)23(17)15-7-8-15;/h3-6,11,14-15H,1-2,7-10H2;1H2. The summed E-state index contributed by atoms with van der Waals surface area (Å²) >= 11 is 6.04. The first-order valence-electron chi connectivity index (χ1n) is 8.53. The van der Waals surface area contributed by atoms with Crippen LogP contribution in [0.4, 0.5) is 4.39 Å². The van der Waals surface area contributed by atoms with Gasteiger partial charge in [0.05, 0.1) is 5.41 Å². The summed E-state index contributed by atoms with van der Waals surface area (Å²) in [6.07, 6.45) is 5.07. The molecule has 3 aliphatic carbocycles. The Hall–Kier alpha value is -1.46. The smallest absolute Gasteiger partial charge is 0.144 e. The Kier molecular flexibility index (Phi) is 3.69. The van der Waals surface area contributed by atoms with Crippen molar-refractivity contribution in [2.75, 3.05) is 0 Å². The Balaban J connectivity index is 0.00000146. The van der Waals surface area contributed by atoms with E-state index < -0.39 is 6.17 Å². The van der Waals surface area contributed by atoms with Gasteiger partial charge in [-0.2, -0.15) is 0 Å². The maximum absolute atomic E-state index is 13.9. The molecule has 0 spiro atoms. The zero-order valence-electron chi connectivity index (χ0n) is 13.4. The molecule has 0 unspecified atom stereocenters. The van der Waals surface area contributed by atoms with Gasteiger partial charge in [-0.3, -0.25) is 0 Å². The number of benzene rings is 1. The number of nitrogens with zero attached hydrogens (tertiary/aromatic N) is 3. The Morgan fingerprint density at radius 3 is 2.25 bits per heavy atom. The van der Waals surface area contributed by atoms with Crippen molar-refractivity contribution in [2.45, 2.75) is 62.1 Å². The third kappa shape index (κ3) is 2.37. The average Bonchev–Trinajstić information content (AvgIpc) is 3.43. The van der Waals surface area contributed by atoms with Crippen LogP contribution in [-0.2, 0) is 5.41 Å². The minimum Gasteiger partial charge on any atom is -0.412 e. The van der Waals surface area contributed by atoms with Crippen LogP contribution in [0, 0.1) is 0 Å². The Labute approximate surface area is 145 Å². The molecule has 1 heterocycles. The number of hydrogen-bond acceptors (Lipinski definition) is 2. The topological polar surface area (TPSA) is 62.2 Å². The van der Waals surface area contributed by atoms with E-state index in [0.717, 1.165) is 17.2 Å². The van der Waals surface area contributed by atoms with Gasteiger partial charge >= 0.3 is 0 Å². The summed E-state index contributed by atoms with van der Waals surface area (Å²) in [7, 11) is 0. The van der Waals surface area contributed by atoms with E-state index >= 15 is 0 Å². The molecule has 0 atom stereocenters. The largest absolute Gasteiger partial charge is 0.412 e. The lowest BCUT2D eigenvalue weighted by atomic mass is 9.62. The second-order valence-corrected chi connectivity index (χ2v) is 7.79. The molecule has 3 saturated carbocycles. The molecule has 4 nitrogen and oxygen atoms in total. The second kappa shape index (κ2) is 5.53. The molecule has 0 radical (unpaired) electrons. The highest BCUT2D eigenvalue weighted by Gasteiger charge is 2.52. The van der Waals surface area contributed by atoms with E-state index in [1.54, 1.807) is 0 Å². The van der Waals surface area contributed by atoms with Gasteiger partial charge in [0.1, 0.15) is 17.8 Å². The molecule has 1 aromatic heterocycles. The third-order valence-electron chi connectivity index (χ3n) is 5.54. The van der Waals surface area contributed by atoms with E-state index in [-0.39, 0.29) is 10.9 Å². The monoisotopic (exact) mass is 349 g/mol. The summed E-state index contributed by atoms with van der Waals surface area (Å²) in [5, 5.41) is 9.81. The van der Waals surface area contributed by atoms with Gasteiger partial charge in [-0.15, -0.1) is 10.2 Å². The molecule has 24 heavy (non-hydrogen) atoms. The molecule has 128 valence electrons. The highest BCUT2D eigenvalue weighted by Crippen LogP contribution is 2.53. The minimum absolute atomic E-state index is 0. The van der Waals surface area contributed by atoms with E-state index in [1.807, 2.05) is 24.3 Å². The normalized spacial score (nSPS) is 29.0. The fourth-order valence-corrected chi connectivity index (χ4v) is 4.08. The summed E-state index contributed by atoms with van der Waals surface area (Å²) in [5.74, 6) is 2.69. The highest BCUT2D eigenvalue weighted by molar-refractivity contribution is 6.30. The molecular weight excluding hydrogens is 329 g/mol. The van der Waals surface area contributed by atoms with Gasteiger partial charge in [0, 0.05) is 17.0 Å². The number of alkyl halides is 1. The zero-order chi connectivity index (χ0) is 15.6. The van der Waals surface area contributed by atoms with Crippen molar-refractivity contribution < 1.29 is 9.87 Å². The van der Waals surface area contributed by atoms with Crippen molar-refractivity contribution in [3.8, 4) is 0 Å². The fraction of sp³-hybridized carbons (Fsp3) is 0.556. The zero-order valence-corrected chi connectivity index (χ0v) is 14.1.